The standard InChI is InChI=1S/C14H22/c1-7-8-5-12-11-4-10(8)9(7)6-13(11)14(12,2)3/h7-13H,4-6H2,1-3H3. The summed E-state index contributed by atoms with van der Waals surface area (Å²) in [5, 5.41) is 0. The SMILES string of the molecule is CC1C2CC3C4CC2C1CC4C3(C)C. The minimum Gasteiger partial charge on any atom is -0.0620 e. The van der Waals surface area contributed by atoms with Gasteiger partial charge in [-0.1, -0.05) is 20.8 Å². The average molecular weight is 190 g/mol. The molecule has 4 atom stereocenters. The second-order valence-corrected chi connectivity index (χ2v) is 7.26. The molecule has 4 aliphatic carbocycles. The van der Waals surface area contributed by atoms with Gasteiger partial charge in [0, 0.05) is 0 Å². The van der Waals surface area contributed by atoms with Crippen LogP contribution in [0, 0.1) is 46.8 Å². The van der Waals surface area contributed by atoms with E-state index in [1.54, 1.807) is 19.3 Å². The van der Waals surface area contributed by atoms with Crippen molar-refractivity contribution in [2.45, 2.75) is 40.0 Å². The predicted octanol–water partition coefficient (Wildman–Crippen LogP) is 3.57. The van der Waals surface area contributed by atoms with Crippen LogP contribution in [0.25, 0.3) is 0 Å². The molecule has 2 bridgehead atoms. The largest absolute Gasteiger partial charge is 0.0620 e. The molecular weight excluding hydrogens is 168 g/mol. The van der Waals surface area contributed by atoms with Crippen molar-refractivity contribution >= 4 is 0 Å². The van der Waals surface area contributed by atoms with E-state index in [1.807, 2.05) is 0 Å². The molecule has 4 aliphatic rings. The summed E-state index contributed by atoms with van der Waals surface area (Å²) in [6.45, 7) is 7.63. The summed E-state index contributed by atoms with van der Waals surface area (Å²) in [7, 11) is 0. The van der Waals surface area contributed by atoms with Gasteiger partial charge in [-0.2, -0.15) is 0 Å². The molecule has 0 aromatic rings. The number of hydrogen-bond donors (Lipinski definition) is 0. The zero-order valence-corrected chi connectivity index (χ0v) is 9.66. The third-order valence-corrected chi connectivity index (χ3v) is 6.99. The molecule has 0 spiro atoms. The van der Waals surface area contributed by atoms with Crippen LogP contribution < -0.4 is 0 Å². The monoisotopic (exact) mass is 190 g/mol. The summed E-state index contributed by atoms with van der Waals surface area (Å²) in [5.41, 5.74) is 0.715. The van der Waals surface area contributed by atoms with Gasteiger partial charge in [0.05, 0.1) is 0 Å². The van der Waals surface area contributed by atoms with Gasteiger partial charge in [-0.15, -0.1) is 0 Å². The predicted molar refractivity (Wildman–Crippen MR) is 57.7 cm³/mol. The van der Waals surface area contributed by atoms with Crippen molar-refractivity contribution in [2.24, 2.45) is 46.8 Å². The summed E-state index contributed by atoms with van der Waals surface area (Å²) < 4.78 is 0. The molecule has 4 fully saturated rings. The third-order valence-electron chi connectivity index (χ3n) is 6.99. The normalized spacial score (nSPS) is 66.6. The van der Waals surface area contributed by atoms with Crippen molar-refractivity contribution in [1.29, 1.82) is 0 Å². The maximum absolute atomic E-state index is 2.55. The molecule has 0 aromatic carbocycles. The lowest BCUT2D eigenvalue weighted by molar-refractivity contribution is -0.254. The molecule has 78 valence electrons. The summed E-state index contributed by atoms with van der Waals surface area (Å²) >= 11 is 0. The Labute approximate surface area is 87.5 Å². The molecule has 0 heterocycles. The van der Waals surface area contributed by atoms with Crippen LogP contribution in [0.1, 0.15) is 40.0 Å². The Kier molecular flexibility index (Phi) is 1.22. The highest BCUT2D eigenvalue weighted by Gasteiger charge is 2.68. The van der Waals surface area contributed by atoms with Crippen LogP contribution >= 0.6 is 0 Å². The van der Waals surface area contributed by atoms with Gasteiger partial charge >= 0.3 is 0 Å². The van der Waals surface area contributed by atoms with Crippen LogP contribution in [0.5, 0.6) is 0 Å². The second kappa shape index (κ2) is 2.08. The van der Waals surface area contributed by atoms with Crippen LogP contribution in [-0.4, -0.2) is 0 Å². The quantitative estimate of drug-likeness (QED) is 0.548. The molecule has 0 radical (unpaired) electrons. The fourth-order valence-corrected chi connectivity index (χ4v) is 6.12. The van der Waals surface area contributed by atoms with Crippen molar-refractivity contribution in [1.82, 2.24) is 0 Å². The van der Waals surface area contributed by atoms with E-state index in [4.69, 9.17) is 0 Å². The number of rotatable bonds is 0. The van der Waals surface area contributed by atoms with Gasteiger partial charge in [0.25, 0.3) is 0 Å². The Balaban J connectivity index is 1.74. The summed E-state index contributed by atoms with van der Waals surface area (Å²) in [6.07, 6.45) is 4.81. The minimum atomic E-state index is 0.715. The molecule has 0 aromatic heterocycles. The zero-order chi connectivity index (χ0) is 9.66. The first kappa shape index (κ1) is 8.19. The summed E-state index contributed by atoms with van der Waals surface area (Å²) in [4.78, 5) is 0. The van der Waals surface area contributed by atoms with E-state index in [0.29, 0.717) is 5.41 Å². The van der Waals surface area contributed by atoms with Crippen molar-refractivity contribution in [3.8, 4) is 0 Å². The molecule has 4 rings (SSSR count). The van der Waals surface area contributed by atoms with E-state index >= 15 is 0 Å². The Morgan fingerprint density at radius 1 is 0.786 bits per heavy atom. The van der Waals surface area contributed by atoms with Gasteiger partial charge in [0.2, 0.25) is 0 Å². The van der Waals surface area contributed by atoms with E-state index in [-0.39, 0.29) is 0 Å². The average Bonchev–Trinajstić information content (AvgIpc) is 2.14. The van der Waals surface area contributed by atoms with Crippen LogP contribution in [0.3, 0.4) is 0 Å². The lowest BCUT2D eigenvalue weighted by Gasteiger charge is -2.74. The van der Waals surface area contributed by atoms with Gasteiger partial charge in [-0.05, 0) is 66.1 Å². The van der Waals surface area contributed by atoms with Gasteiger partial charge in [0.15, 0.2) is 0 Å². The highest BCUT2D eigenvalue weighted by atomic mass is 14.7. The van der Waals surface area contributed by atoms with Gasteiger partial charge in [-0.3, -0.25) is 0 Å². The zero-order valence-electron chi connectivity index (χ0n) is 9.66. The summed E-state index contributed by atoms with van der Waals surface area (Å²) in [6, 6.07) is 0. The van der Waals surface area contributed by atoms with Gasteiger partial charge in [-0.25, -0.2) is 0 Å². The fraction of sp³-hybridized carbons (Fsp3) is 1.00. The Morgan fingerprint density at radius 2 is 1.36 bits per heavy atom. The lowest BCUT2D eigenvalue weighted by atomic mass is 9.31. The smallest absolute Gasteiger partial charge is 0.0292 e. The molecule has 0 nitrogen and oxygen atoms in total. The van der Waals surface area contributed by atoms with E-state index in [9.17, 15) is 0 Å². The molecule has 0 heteroatoms. The molecule has 0 aliphatic heterocycles. The maximum Gasteiger partial charge on any atom is -0.0292 e. The van der Waals surface area contributed by atoms with Crippen molar-refractivity contribution < 1.29 is 0 Å². The van der Waals surface area contributed by atoms with E-state index in [1.165, 1.54) is 5.92 Å². The molecule has 0 saturated heterocycles. The topological polar surface area (TPSA) is 0 Å². The van der Waals surface area contributed by atoms with Crippen LogP contribution in [0.4, 0.5) is 0 Å². The highest BCUT2D eigenvalue weighted by molar-refractivity contribution is 5.16. The van der Waals surface area contributed by atoms with Crippen LogP contribution in [0.2, 0.25) is 0 Å². The Hall–Kier alpha value is 0. The summed E-state index contributed by atoms with van der Waals surface area (Å²) in [5.74, 6) is 7.93. The molecule has 14 heavy (non-hydrogen) atoms. The van der Waals surface area contributed by atoms with E-state index in [0.717, 1.165) is 35.5 Å². The Bertz CT molecular complexity index is 266. The van der Waals surface area contributed by atoms with E-state index < -0.39 is 0 Å². The first-order chi connectivity index (χ1) is 6.60. The second-order valence-electron chi connectivity index (χ2n) is 7.26. The first-order valence-corrected chi connectivity index (χ1v) is 6.60. The molecule has 0 amide bonds. The molecular formula is C14H22. The highest BCUT2D eigenvalue weighted by Crippen LogP contribution is 2.74. The van der Waals surface area contributed by atoms with E-state index in [2.05, 4.69) is 20.8 Å². The van der Waals surface area contributed by atoms with Crippen molar-refractivity contribution in [2.75, 3.05) is 0 Å². The van der Waals surface area contributed by atoms with Gasteiger partial charge < -0.3 is 0 Å². The van der Waals surface area contributed by atoms with Crippen LogP contribution in [0.15, 0.2) is 0 Å². The molecule has 4 saturated carbocycles. The molecule has 4 unspecified atom stereocenters. The van der Waals surface area contributed by atoms with Crippen LogP contribution in [-0.2, 0) is 0 Å². The molecule has 0 N–H and O–H groups in total. The van der Waals surface area contributed by atoms with Crippen molar-refractivity contribution in [3.05, 3.63) is 0 Å². The minimum absolute atomic E-state index is 0.715. The first-order valence-electron chi connectivity index (χ1n) is 6.60. The van der Waals surface area contributed by atoms with Crippen molar-refractivity contribution in [3.63, 3.8) is 0 Å². The third kappa shape index (κ3) is 0.630. The van der Waals surface area contributed by atoms with Gasteiger partial charge in [0.1, 0.15) is 0 Å². The maximum atomic E-state index is 2.55. The lowest BCUT2D eigenvalue weighted by Crippen LogP contribution is -2.67. The number of hydrogen-bond acceptors (Lipinski definition) is 0. The fourth-order valence-electron chi connectivity index (χ4n) is 6.12. The Morgan fingerprint density at radius 3 is 1.93 bits per heavy atom.